The molecule has 0 aliphatic carbocycles. The number of non-ortho nitro benzene ring substituents is 1. The van der Waals surface area contributed by atoms with Crippen molar-refractivity contribution in [3.05, 3.63) is 67.8 Å². The van der Waals surface area contributed by atoms with Crippen LogP contribution in [0.2, 0.25) is 0 Å². The number of nitro benzene ring substituents is 2. The van der Waals surface area contributed by atoms with Gasteiger partial charge in [0, 0.05) is 6.07 Å². The first-order valence-corrected chi connectivity index (χ1v) is 6.25. The van der Waals surface area contributed by atoms with E-state index >= 15 is 0 Å². The maximum Gasteiger partial charge on any atom is 0.339 e. The molecule has 0 aromatic heterocycles. The number of hydrogen-bond donors (Lipinski definition) is 1. The third-order valence-corrected chi connectivity index (χ3v) is 3.00. The van der Waals surface area contributed by atoms with E-state index in [2.05, 4.69) is 0 Å². The third kappa shape index (κ3) is 3.23. The summed E-state index contributed by atoms with van der Waals surface area (Å²) in [6.45, 7) is 1.58. The summed E-state index contributed by atoms with van der Waals surface area (Å²) in [5.74, 6) is -1.59. The molecule has 0 radical (unpaired) electrons. The lowest BCUT2D eigenvalue weighted by atomic mass is 10.1. The monoisotopic (exact) mass is 318 g/mol. The Bertz CT molecular complexity index is 817. The van der Waals surface area contributed by atoms with Crippen LogP contribution in [0.5, 0.6) is 11.5 Å². The number of para-hydroxylation sites is 1. The SMILES string of the molecule is Cc1cccc(C(=O)O)c1Oc1ccc([N+](=O)[O-])cc1[N+](=O)[O-]. The number of nitro groups is 2. The Balaban J connectivity index is 2.55. The van der Waals surface area contributed by atoms with E-state index in [9.17, 15) is 25.0 Å². The summed E-state index contributed by atoms with van der Waals surface area (Å²) >= 11 is 0. The van der Waals surface area contributed by atoms with Crippen molar-refractivity contribution in [3.63, 3.8) is 0 Å². The van der Waals surface area contributed by atoms with E-state index in [4.69, 9.17) is 9.84 Å². The summed E-state index contributed by atoms with van der Waals surface area (Å²) in [5.41, 5.74) is -0.804. The van der Waals surface area contributed by atoms with Crippen molar-refractivity contribution in [1.29, 1.82) is 0 Å². The van der Waals surface area contributed by atoms with Gasteiger partial charge < -0.3 is 9.84 Å². The Morgan fingerprint density at radius 3 is 2.39 bits per heavy atom. The fraction of sp³-hybridized carbons (Fsp3) is 0.0714. The van der Waals surface area contributed by atoms with Crippen molar-refractivity contribution >= 4 is 17.3 Å². The molecule has 0 saturated carbocycles. The Labute approximate surface area is 129 Å². The number of ether oxygens (including phenoxy) is 1. The molecule has 0 bridgehead atoms. The number of aromatic carboxylic acids is 1. The van der Waals surface area contributed by atoms with Gasteiger partial charge in [-0.1, -0.05) is 12.1 Å². The van der Waals surface area contributed by atoms with E-state index in [1.807, 2.05) is 0 Å². The zero-order chi connectivity index (χ0) is 17.1. The second kappa shape index (κ2) is 6.10. The first-order chi connectivity index (χ1) is 10.8. The number of aryl methyl sites for hydroxylation is 1. The predicted molar refractivity (Wildman–Crippen MR) is 78.0 cm³/mol. The van der Waals surface area contributed by atoms with Gasteiger partial charge in [-0.15, -0.1) is 0 Å². The lowest BCUT2D eigenvalue weighted by Crippen LogP contribution is -2.03. The molecule has 0 amide bonds. The smallest absolute Gasteiger partial charge is 0.339 e. The van der Waals surface area contributed by atoms with Crippen molar-refractivity contribution in [2.24, 2.45) is 0 Å². The number of hydrogen-bond acceptors (Lipinski definition) is 6. The number of benzene rings is 2. The molecule has 1 N–H and O–H groups in total. The highest BCUT2D eigenvalue weighted by atomic mass is 16.6. The summed E-state index contributed by atoms with van der Waals surface area (Å²) in [6, 6.07) is 7.25. The molecule has 118 valence electrons. The van der Waals surface area contributed by atoms with Crippen molar-refractivity contribution in [1.82, 2.24) is 0 Å². The molecular formula is C14H10N2O7. The van der Waals surface area contributed by atoms with Gasteiger partial charge in [-0.05, 0) is 24.6 Å². The minimum absolute atomic E-state index is 0.0584. The first kappa shape index (κ1) is 15.9. The highest BCUT2D eigenvalue weighted by Crippen LogP contribution is 2.36. The number of rotatable bonds is 5. The van der Waals surface area contributed by atoms with Gasteiger partial charge in [0.2, 0.25) is 5.75 Å². The second-order valence-electron chi connectivity index (χ2n) is 4.53. The molecule has 0 aliphatic heterocycles. The molecule has 9 heteroatoms. The van der Waals surface area contributed by atoms with Gasteiger partial charge >= 0.3 is 11.7 Å². The summed E-state index contributed by atoms with van der Waals surface area (Å²) in [6.07, 6.45) is 0. The quantitative estimate of drug-likeness (QED) is 0.660. The molecule has 2 rings (SSSR count). The van der Waals surface area contributed by atoms with E-state index in [1.54, 1.807) is 13.0 Å². The van der Waals surface area contributed by atoms with E-state index in [0.717, 1.165) is 18.2 Å². The van der Waals surface area contributed by atoms with Crippen LogP contribution >= 0.6 is 0 Å². The number of carboxylic acids is 1. The number of carboxylic acid groups (broad SMARTS) is 1. The molecule has 0 atom stereocenters. The summed E-state index contributed by atoms with van der Waals surface area (Å²) < 4.78 is 5.38. The van der Waals surface area contributed by atoms with Crippen LogP contribution < -0.4 is 4.74 Å². The zero-order valence-electron chi connectivity index (χ0n) is 11.8. The van der Waals surface area contributed by atoms with Crippen molar-refractivity contribution in [2.75, 3.05) is 0 Å². The first-order valence-electron chi connectivity index (χ1n) is 6.25. The predicted octanol–water partition coefficient (Wildman–Crippen LogP) is 3.30. The Kier molecular flexibility index (Phi) is 4.21. The zero-order valence-corrected chi connectivity index (χ0v) is 11.8. The fourth-order valence-corrected chi connectivity index (χ4v) is 1.91. The number of carbonyl (C=O) groups is 1. The van der Waals surface area contributed by atoms with Crippen LogP contribution in [-0.4, -0.2) is 20.9 Å². The number of nitrogens with zero attached hydrogens (tertiary/aromatic N) is 2. The van der Waals surface area contributed by atoms with E-state index in [0.29, 0.717) is 5.56 Å². The molecule has 2 aromatic carbocycles. The molecule has 23 heavy (non-hydrogen) atoms. The molecular weight excluding hydrogens is 308 g/mol. The lowest BCUT2D eigenvalue weighted by Gasteiger charge is -2.11. The van der Waals surface area contributed by atoms with Gasteiger partial charge in [-0.25, -0.2) is 4.79 Å². The second-order valence-corrected chi connectivity index (χ2v) is 4.53. The van der Waals surface area contributed by atoms with Crippen LogP contribution in [0.1, 0.15) is 15.9 Å². The Hall–Kier alpha value is -3.49. The van der Waals surface area contributed by atoms with Crippen molar-refractivity contribution < 1.29 is 24.5 Å². The normalized spacial score (nSPS) is 10.1. The molecule has 0 heterocycles. The Morgan fingerprint density at radius 1 is 1.13 bits per heavy atom. The van der Waals surface area contributed by atoms with E-state index < -0.39 is 27.2 Å². The van der Waals surface area contributed by atoms with Gasteiger partial charge in [0.1, 0.15) is 11.3 Å². The largest absolute Gasteiger partial charge is 0.478 e. The summed E-state index contributed by atoms with van der Waals surface area (Å²) in [5, 5.41) is 30.9. The van der Waals surface area contributed by atoms with Crippen LogP contribution in [0, 0.1) is 27.2 Å². The maximum atomic E-state index is 11.2. The van der Waals surface area contributed by atoms with Crippen LogP contribution in [0.4, 0.5) is 11.4 Å². The maximum absolute atomic E-state index is 11.2. The van der Waals surface area contributed by atoms with E-state index in [-0.39, 0.29) is 17.1 Å². The standard InChI is InChI=1S/C14H10N2O7/c1-8-3-2-4-10(14(17)18)13(8)23-12-6-5-9(15(19)20)7-11(12)16(21)22/h2-7H,1H3,(H,17,18). The van der Waals surface area contributed by atoms with Gasteiger partial charge in [0.25, 0.3) is 5.69 Å². The molecule has 0 spiro atoms. The van der Waals surface area contributed by atoms with Crippen molar-refractivity contribution in [2.45, 2.75) is 6.92 Å². The van der Waals surface area contributed by atoms with Gasteiger partial charge in [0.05, 0.1) is 15.9 Å². The lowest BCUT2D eigenvalue weighted by molar-refractivity contribution is -0.394. The Morgan fingerprint density at radius 2 is 1.83 bits per heavy atom. The average molecular weight is 318 g/mol. The minimum atomic E-state index is -1.26. The fourth-order valence-electron chi connectivity index (χ4n) is 1.91. The molecule has 0 unspecified atom stereocenters. The van der Waals surface area contributed by atoms with Crippen LogP contribution in [0.25, 0.3) is 0 Å². The summed E-state index contributed by atoms with van der Waals surface area (Å²) in [4.78, 5) is 31.4. The minimum Gasteiger partial charge on any atom is -0.478 e. The molecule has 0 aliphatic rings. The van der Waals surface area contributed by atoms with Gasteiger partial charge in [-0.2, -0.15) is 0 Å². The van der Waals surface area contributed by atoms with Gasteiger partial charge in [0.15, 0.2) is 0 Å². The summed E-state index contributed by atoms with van der Waals surface area (Å²) in [7, 11) is 0. The molecule has 9 nitrogen and oxygen atoms in total. The highest BCUT2D eigenvalue weighted by Gasteiger charge is 2.23. The van der Waals surface area contributed by atoms with Crippen LogP contribution in [0.3, 0.4) is 0 Å². The van der Waals surface area contributed by atoms with E-state index in [1.165, 1.54) is 12.1 Å². The van der Waals surface area contributed by atoms with Crippen molar-refractivity contribution in [3.8, 4) is 11.5 Å². The third-order valence-electron chi connectivity index (χ3n) is 3.00. The topological polar surface area (TPSA) is 133 Å². The van der Waals surface area contributed by atoms with Crippen LogP contribution in [0.15, 0.2) is 36.4 Å². The average Bonchev–Trinajstić information content (AvgIpc) is 2.48. The molecule has 2 aromatic rings. The van der Waals surface area contributed by atoms with Gasteiger partial charge in [-0.3, -0.25) is 20.2 Å². The highest BCUT2D eigenvalue weighted by molar-refractivity contribution is 5.91. The van der Waals surface area contributed by atoms with Crippen LogP contribution in [-0.2, 0) is 0 Å². The molecule has 0 saturated heterocycles. The molecule has 0 fully saturated rings.